The topological polar surface area (TPSA) is 79.6 Å². The molecule has 0 bridgehead atoms. The van der Waals surface area contributed by atoms with E-state index in [0.717, 1.165) is 27.2 Å². The number of carbonyl (C=O) groups is 1. The minimum Gasteiger partial charge on any atom is -0.368 e. The van der Waals surface area contributed by atoms with E-state index in [1.165, 1.54) is 17.0 Å². The molecule has 166 valence electrons. The fraction of sp³-hybridized carbons (Fsp3) is 0.200. The SMILES string of the molecule is Cc1ccc(-c2cc(C(=O)N3CCN(c4ccc([N+](=O)[O-])cc4)CC3)c3ccccc3n2)s1. The van der Waals surface area contributed by atoms with Gasteiger partial charge in [-0.25, -0.2) is 4.98 Å². The predicted molar refractivity (Wildman–Crippen MR) is 131 cm³/mol. The van der Waals surface area contributed by atoms with Crippen LogP contribution in [0.3, 0.4) is 0 Å². The van der Waals surface area contributed by atoms with Gasteiger partial charge in [0.25, 0.3) is 11.6 Å². The van der Waals surface area contributed by atoms with Crippen molar-refractivity contribution < 1.29 is 9.72 Å². The number of carbonyl (C=O) groups excluding carboxylic acids is 1. The number of fused-ring (bicyclic) bond motifs is 1. The first-order chi connectivity index (χ1) is 16.0. The molecule has 2 aromatic heterocycles. The van der Waals surface area contributed by atoms with E-state index in [1.54, 1.807) is 23.5 Å². The van der Waals surface area contributed by atoms with Gasteiger partial charge < -0.3 is 9.80 Å². The molecular weight excluding hydrogens is 436 g/mol. The number of aryl methyl sites for hydroxylation is 1. The first-order valence-electron chi connectivity index (χ1n) is 10.7. The highest BCUT2D eigenvalue weighted by Gasteiger charge is 2.25. The van der Waals surface area contributed by atoms with Crippen molar-refractivity contribution >= 4 is 39.5 Å². The predicted octanol–water partition coefficient (Wildman–Crippen LogP) is 5.14. The molecule has 1 aliphatic rings. The third-order valence-corrected chi connectivity index (χ3v) is 6.96. The molecule has 1 fully saturated rings. The molecule has 0 atom stereocenters. The number of rotatable bonds is 4. The lowest BCUT2D eigenvalue weighted by Gasteiger charge is -2.36. The zero-order chi connectivity index (χ0) is 22.9. The van der Waals surface area contributed by atoms with Crippen LogP contribution in [0, 0.1) is 17.0 Å². The summed E-state index contributed by atoms with van der Waals surface area (Å²) < 4.78 is 0. The molecule has 2 aromatic carbocycles. The number of para-hydroxylation sites is 1. The van der Waals surface area contributed by atoms with Crippen LogP contribution < -0.4 is 4.90 Å². The van der Waals surface area contributed by atoms with Crippen molar-refractivity contribution in [2.75, 3.05) is 31.1 Å². The fourth-order valence-corrected chi connectivity index (χ4v) is 5.00. The summed E-state index contributed by atoms with van der Waals surface area (Å²) in [5.74, 6) is 0.00600. The Morgan fingerprint density at radius 1 is 1.00 bits per heavy atom. The number of nitrogens with zero attached hydrogens (tertiary/aromatic N) is 4. The summed E-state index contributed by atoms with van der Waals surface area (Å²) in [6, 6.07) is 20.4. The summed E-state index contributed by atoms with van der Waals surface area (Å²) in [4.78, 5) is 35.2. The average molecular weight is 459 g/mol. The Morgan fingerprint density at radius 2 is 1.73 bits per heavy atom. The zero-order valence-electron chi connectivity index (χ0n) is 18.1. The second kappa shape index (κ2) is 8.63. The lowest BCUT2D eigenvalue weighted by molar-refractivity contribution is -0.384. The van der Waals surface area contributed by atoms with E-state index in [0.29, 0.717) is 31.7 Å². The maximum Gasteiger partial charge on any atom is 0.269 e. The van der Waals surface area contributed by atoms with E-state index in [4.69, 9.17) is 4.98 Å². The highest BCUT2D eigenvalue weighted by Crippen LogP contribution is 2.31. The number of non-ortho nitro benzene ring substituents is 1. The molecule has 8 heteroatoms. The normalized spacial score (nSPS) is 14.0. The Hall–Kier alpha value is -3.78. The van der Waals surface area contributed by atoms with Gasteiger partial charge in [0.15, 0.2) is 0 Å². The molecule has 0 radical (unpaired) electrons. The first kappa shape index (κ1) is 21.1. The van der Waals surface area contributed by atoms with Gasteiger partial charge in [-0.1, -0.05) is 18.2 Å². The Kier molecular flexibility index (Phi) is 5.51. The van der Waals surface area contributed by atoms with Crippen LogP contribution in [0.4, 0.5) is 11.4 Å². The first-order valence-corrected chi connectivity index (χ1v) is 11.6. The summed E-state index contributed by atoms with van der Waals surface area (Å²) >= 11 is 1.67. The monoisotopic (exact) mass is 458 g/mol. The van der Waals surface area contributed by atoms with Crippen molar-refractivity contribution in [3.8, 4) is 10.6 Å². The summed E-state index contributed by atoms with van der Waals surface area (Å²) in [6.07, 6.45) is 0. The molecule has 0 unspecified atom stereocenters. The number of nitro groups is 1. The lowest BCUT2D eigenvalue weighted by atomic mass is 10.1. The smallest absolute Gasteiger partial charge is 0.269 e. The lowest BCUT2D eigenvalue weighted by Crippen LogP contribution is -2.48. The molecule has 1 saturated heterocycles. The molecule has 0 aliphatic carbocycles. The molecule has 33 heavy (non-hydrogen) atoms. The van der Waals surface area contributed by atoms with Crippen molar-refractivity contribution in [3.63, 3.8) is 0 Å². The van der Waals surface area contributed by atoms with Gasteiger partial charge in [0.2, 0.25) is 0 Å². The van der Waals surface area contributed by atoms with E-state index in [-0.39, 0.29) is 11.6 Å². The largest absolute Gasteiger partial charge is 0.368 e. The maximum absolute atomic E-state index is 13.6. The van der Waals surface area contributed by atoms with Crippen molar-refractivity contribution in [2.45, 2.75) is 6.92 Å². The van der Waals surface area contributed by atoms with Crippen molar-refractivity contribution in [2.24, 2.45) is 0 Å². The summed E-state index contributed by atoms with van der Waals surface area (Å²) in [6.45, 7) is 4.57. The molecule has 0 saturated carbocycles. The van der Waals surface area contributed by atoms with E-state index >= 15 is 0 Å². The molecule has 0 spiro atoms. The van der Waals surface area contributed by atoms with Crippen LogP contribution in [0.25, 0.3) is 21.5 Å². The number of hydrogen-bond donors (Lipinski definition) is 0. The molecule has 0 N–H and O–H groups in total. The number of amides is 1. The second-order valence-corrected chi connectivity index (χ2v) is 9.32. The molecule has 4 aromatic rings. The molecule has 1 aliphatic heterocycles. The quantitative estimate of drug-likeness (QED) is 0.312. The van der Waals surface area contributed by atoms with Gasteiger partial charge >= 0.3 is 0 Å². The number of hydrogen-bond acceptors (Lipinski definition) is 6. The van der Waals surface area contributed by atoms with Gasteiger partial charge in [-0.3, -0.25) is 14.9 Å². The Labute approximate surface area is 195 Å². The van der Waals surface area contributed by atoms with Crippen LogP contribution in [-0.2, 0) is 0 Å². The minimum absolute atomic E-state index is 0.00600. The van der Waals surface area contributed by atoms with E-state index in [1.807, 2.05) is 41.3 Å². The van der Waals surface area contributed by atoms with Crippen LogP contribution in [0.15, 0.2) is 66.7 Å². The Morgan fingerprint density at radius 3 is 2.39 bits per heavy atom. The number of anilines is 1. The van der Waals surface area contributed by atoms with Crippen molar-refractivity contribution in [1.29, 1.82) is 0 Å². The number of pyridine rings is 1. The molecular formula is C25H22N4O3S. The van der Waals surface area contributed by atoms with Crippen LogP contribution in [-0.4, -0.2) is 46.9 Å². The van der Waals surface area contributed by atoms with Crippen LogP contribution >= 0.6 is 11.3 Å². The number of aromatic nitrogens is 1. The zero-order valence-corrected chi connectivity index (χ0v) is 18.9. The summed E-state index contributed by atoms with van der Waals surface area (Å²) in [5.41, 5.74) is 3.31. The van der Waals surface area contributed by atoms with Gasteiger partial charge in [0, 0.05) is 54.3 Å². The highest BCUT2D eigenvalue weighted by atomic mass is 32.1. The van der Waals surface area contributed by atoms with E-state index < -0.39 is 4.92 Å². The molecule has 3 heterocycles. The van der Waals surface area contributed by atoms with Crippen molar-refractivity contribution in [1.82, 2.24) is 9.88 Å². The van der Waals surface area contributed by atoms with Crippen LogP contribution in [0.2, 0.25) is 0 Å². The van der Waals surface area contributed by atoms with Gasteiger partial charge in [0.1, 0.15) is 0 Å². The van der Waals surface area contributed by atoms with E-state index in [2.05, 4.69) is 17.9 Å². The van der Waals surface area contributed by atoms with Gasteiger partial charge in [-0.15, -0.1) is 11.3 Å². The summed E-state index contributed by atoms with van der Waals surface area (Å²) in [7, 11) is 0. The third-order valence-electron chi connectivity index (χ3n) is 5.93. The highest BCUT2D eigenvalue weighted by molar-refractivity contribution is 7.15. The summed E-state index contributed by atoms with van der Waals surface area (Å²) in [5, 5.41) is 11.8. The number of piperazine rings is 1. The second-order valence-electron chi connectivity index (χ2n) is 8.04. The Balaban J connectivity index is 1.38. The van der Waals surface area contributed by atoms with Gasteiger partial charge in [-0.2, -0.15) is 0 Å². The fourth-order valence-electron chi connectivity index (χ4n) is 4.17. The third kappa shape index (κ3) is 4.17. The van der Waals surface area contributed by atoms with Crippen molar-refractivity contribution in [3.05, 3.63) is 87.3 Å². The molecule has 5 rings (SSSR count). The number of benzene rings is 2. The van der Waals surface area contributed by atoms with E-state index in [9.17, 15) is 14.9 Å². The standard InChI is InChI=1S/C25H22N4O3S/c1-17-6-11-24(33-17)23-16-21(20-4-2-3-5-22(20)26-23)25(30)28-14-12-27(13-15-28)18-7-9-19(10-8-18)29(31)32/h2-11,16H,12-15H2,1H3. The van der Waals surface area contributed by atoms with Crippen LogP contribution in [0.1, 0.15) is 15.2 Å². The molecule has 7 nitrogen and oxygen atoms in total. The van der Waals surface area contributed by atoms with Crippen LogP contribution in [0.5, 0.6) is 0 Å². The maximum atomic E-state index is 13.6. The number of thiophene rings is 1. The Bertz CT molecular complexity index is 1340. The van der Waals surface area contributed by atoms with Gasteiger partial charge in [0.05, 0.1) is 26.6 Å². The number of nitro benzene ring substituents is 1. The van der Waals surface area contributed by atoms with Gasteiger partial charge in [-0.05, 0) is 43.3 Å². The minimum atomic E-state index is -0.398. The average Bonchev–Trinajstić information content (AvgIpc) is 3.29. The molecule has 1 amide bonds.